The molecule has 1 aromatic carbocycles. The molecule has 0 aromatic heterocycles. The average molecular weight is 219 g/mol. The van der Waals surface area contributed by atoms with E-state index >= 15 is 0 Å². The van der Waals surface area contributed by atoms with E-state index in [-0.39, 0.29) is 5.97 Å². The van der Waals surface area contributed by atoms with Crippen LogP contribution < -0.4 is 5.32 Å². The fourth-order valence-corrected chi connectivity index (χ4v) is 2.19. The highest BCUT2D eigenvalue weighted by atomic mass is 16.5. The smallest absolute Gasteiger partial charge is 0.319 e. The SMILES string of the molecule is CCOC(=O)CNC1CCc2ccccc21. The van der Waals surface area contributed by atoms with Gasteiger partial charge < -0.3 is 10.1 Å². The minimum atomic E-state index is -0.174. The molecular formula is C13H17NO2. The van der Waals surface area contributed by atoms with Crippen LogP contribution in [0.1, 0.15) is 30.5 Å². The van der Waals surface area contributed by atoms with Crippen LogP contribution in [0.5, 0.6) is 0 Å². The van der Waals surface area contributed by atoms with Crippen molar-refractivity contribution in [2.75, 3.05) is 13.2 Å². The molecule has 86 valence electrons. The summed E-state index contributed by atoms with van der Waals surface area (Å²) in [6, 6.07) is 8.70. The van der Waals surface area contributed by atoms with Gasteiger partial charge in [0.1, 0.15) is 0 Å². The third-order valence-electron chi connectivity index (χ3n) is 2.93. The van der Waals surface area contributed by atoms with E-state index in [0.29, 0.717) is 19.2 Å². The van der Waals surface area contributed by atoms with Crippen LogP contribution in [0.3, 0.4) is 0 Å². The summed E-state index contributed by atoms with van der Waals surface area (Å²) in [6.07, 6.45) is 2.16. The molecule has 16 heavy (non-hydrogen) atoms. The number of rotatable bonds is 4. The Kier molecular flexibility index (Phi) is 3.57. The number of benzene rings is 1. The van der Waals surface area contributed by atoms with Crippen LogP contribution in [-0.2, 0) is 16.0 Å². The fourth-order valence-electron chi connectivity index (χ4n) is 2.19. The van der Waals surface area contributed by atoms with Crippen molar-refractivity contribution in [1.82, 2.24) is 5.32 Å². The lowest BCUT2D eigenvalue weighted by atomic mass is 10.1. The molecule has 1 N–H and O–H groups in total. The molecule has 1 aliphatic rings. The highest BCUT2D eigenvalue weighted by molar-refractivity contribution is 5.71. The van der Waals surface area contributed by atoms with Crippen molar-refractivity contribution in [3.63, 3.8) is 0 Å². The number of nitrogens with one attached hydrogen (secondary N) is 1. The molecule has 0 aliphatic heterocycles. The lowest BCUT2D eigenvalue weighted by molar-refractivity contribution is -0.142. The van der Waals surface area contributed by atoms with Gasteiger partial charge in [-0.15, -0.1) is 0 Å². The monoisotopic (exact) mass is 219 g/mol. The zero-order valence-corrected chi connectivity index (χ0v) is 9.53. The molecule has 3 heteroatoms. The normalized spacial score (nSPS) is 18.2. The molecule has 0 saturated heterocycles. The van der Waals surface area contributed by atoms with Gasteiger partial charge in [-0.05, 0) is 30.9 Å². The Morgan fingerprint density at radius 2 is 2.31 bits per heavy atom. The molecule has 3 nitrogen and oxygen atoms in total. The second-order valence-corrected chi connectivity index (χ2v) is 3.98. The van der Waals surface area contributed by atoms with E-state index in [1.54, 1.807) is 0 Å². The van der Waals surface area contributed by atoms with Crippen LogP contribution >= 0.6 is 0 Å². The van der Waals surface area contributed by atoms with Crippen LogP contribution in [0.2, 0.25) is 0 Å². The summed E-state index contributed by atoms with van der Waals surface area (Å²) in [5.41, 5.74) is 2.72. The number of hydrogen-bond donors (Lipinski definition) is 1. The molecule has 1 aromatic rings. The zero-order valence-electron chi connectivity index (χ0n) is 9.53. The molecular weight excluding hydrogens is 202 g/mol. The van der Waals surface area contributed by atoms with Crippen LogP contribution in [0, 0.1) is 0 Å². The predicted molar refractivity (Wildman–Crippen MR) is 62.1 cm³/mol. The van der Waals surface area contributed by atoms with Gasteiger partial charge in [0.2, 0.25) is 0 Å². The summed E-state index contributed by atoms with van der Waals surface area (Å²) >= 11 is 0. The number of fused-ring (bicyclic) bond motifs is 1. The number of carbonyl (C=O) groups is 1. The minimum Gasteiger partial charge on any atom is -0.465 e. The van der Waals surface area contributed by atoms with Crippen molar-refractivity contribution in [2.24, 2.45) is 0 Å². The van der Waals surface area contributed by atoms with E-state index in [4.69, 9.17) is 4.74 Å². The molecule has 0 heterocycles. The first-order valence-corrected chi connectivity index (χ1v) is 5.78. The molecule has 0 bridgehead atoms. The van der Waals surface area contributed by atoms with E-state index < -0.39 is 0 Å². The summed E-state index contributed by atoms with van der Waals surface area (Å²) in [6.45, 7) is 2.57. The average Bonchev–Trinajstić information content (AvgIpc) is 2.70. The molecule has 2 rings (SSSR count). The van der Waals surface area contributed by atoms with Crippen molar-refractivity contribution in [1.29, 1.82) is 0 Å². The van der Waals surface area contributed by atoms with Gasteiger partial charge in [0.15, 0.2) is 0 Å². The van der Waals surface area contributed by atoms with Gasteiger partial charge in [0.05, 0.1) is 13.2 Å². The second-order valence-electron chi connectivity index (χ2n) is 3.98. The highest BCUT2D eigenvalue weighted by Crippen LogP contribution is 2.30. The lowest BCUT2D eigenvalue weighted by Crippen LogP contribution is -2.27. The summed E-state index contributed by atoms with van der Waals surface area (Å²) in [5, 5.41) is 3.25. The van der Waals surface area contributed by atoms with Crippen molar-refractivity contribution >= 4 is 5.97 Å². The van der Waals surface area contributed by atoms with Crippen molar-refractivity contribution in [3.05, 3.63) is 35.4 Å². The Balaban J connectivity index is 1.91. The zero-order chi connectivity index (χ0) is 11.4. The Morgan fingerprint density at radius 3 is 3.12 bits per heavy atom. The summed E-state index contributed by atoms with van der Waals surface area (Å²) in [4.78, 5) is 11.2. The maximum atomic E-state index is 11.2. The van der Waals surface area contributed by atoms with E-state index in [9.17, 15) is 4.79 Å². The fraction of sp³-hybridized carbons (Fsp3) is 0.462. The van der Waals surface area contributed by atoms with E-state index in [0.717, 1.165) is 12.8 Å². The van der Waals surface area contributed by atoms with E-state index in [2.05, 4.69) is 23.5 Å². The lowest BCUT2D eigenvalue weighted by Gasteiger charge is -2.13. The minimum absolute atomic E-state index is 0.174. The molecule has 0 radical (unpaired) electrons. The van der Waals surface area contributed by atoms with Gasteiger partial charge >= 0.3 is 5.97 Å². The largest absolute Gasteiger partial charge is 0.465 e. The van der Waals surface area contributed by atoms with E-state index in [1.165, 1.54) is 11.1 Å². The number of aryl methyl sites for hydroxylation is 1. The summed E-state index contributed by atoms with van der Waals surface area (Å²) in [5.74, 6) is -0.174. The van der Waals surface area contributed by atoms with Gasteiger partial charge in [0.25, 0.3) is 0 Å². The van der Waals surface area contributed by atoms with Crippen molar-refractivity contribution < 1.29 is 9.53 Å². The number of esters is 1. The first-order chi connectivity index (χ1) is 7.81. The van der Waals surface area contributed by atoms with Gasteiger partial charge in [-0.2, -0.15) is 0 Å². The third kappa shape index (κ3) is 2.42. The predicted octanol–water partition coefficient (Wildman–Crippen LogP) is 1.83. The molecule has 0 fully saturated rings. The third-order valence-corrected chi connectivity index (χ3v) is 2.93. The van der Waals surface area contributed by atoms with Crippen LogP contribution in [0.4, 0.5) is 0 Å². The molecule has 1 atom stereocenters. The Bertz CT molecular complexity index is 376. The first kappa shape index (κ1) is 11.1. The van der Waals surface area contributed by atoms with Gasteiger partial charge in [-0.1, -0.05) is 24.3 Å². The van der Waals surface area contributed by atoms with Crippen LogP contribution in [-0.4, -0.2) is 19.1 Å². The molecule has 0 saturated carbocycles. The first-order valence-electron chi connectivity index (χ1n) is 5.78. The molecule has 1 unspecified atom stereocenters. The Labute approximate surface area is 95.8 Å². The number of carbonyl (C=O) groups excluding carboxylic acids is 1. The standard InChI is InChI=1S/C13H17NO2/c1-2-16-13(15)9-14-12-8-7-10-5-3-4-6-11(10)12/h3-6,12,14H,2,7-9H2,1H3. The van der Waals surface area contributed by atoms with Crippen molar-refractivity contribution in [2.45, 2.75) is 25.8 Å². The number of hydrogen-bond acceptors (Lipinski definition) is 3. The van der Waals surface area contributed by atoms with Gasteiger partial charge in [0, 0.05) is 6.04 Å². The maximum Gasteiger partial charge on any atom is 0.319 e. The van der Waals surface area contributed by atoms with Crippen LogP contribution in [0.25, 0.3) is 0 Å². The van der Waals surface area contributed by atoms with Gasteiger partial charge in [-0.25, -0.2) is 0 Å². The summed E-state index contributed by atoms with van der Waals surface area (Å²) < 4.78 is 4.89. The van der Waals surface area contributed by atoms with Crippen LogP contribution in [0.15, 0.2) is 24.3 Å². The molecule has 1 aliphatic carbocycles. The Hall–Kier alpha value is -1.35. The quantitative estimate of drug-likeness (QED) is 0.785. The topological polar surface area (TPSA) is 38.3 Å². The van der Waals surface area contributed by atoms with E-state index in [1.807, 2.05) is 13.0 Å². The maximum absolute atomic E-state index is 11.2. The molecule has 0 amide bonds. The second kappa shape index (κ2) is 5.12. The molecule has 0 spiro atoms. The highest BCUT2D eigenvalue weighted by Gasteiger charge is 2.21. The number of ether oxygens (including phenoxy) is 1. The Morgan fingerprint density at radius 1 is 1.50 bits per heavy atom. The van der Waals surface area contributed by atoms with Crippen molar-refractivity contribution in [3.8, 4) is 0 Å². The summed E-state index contributed by atoms with van der Waals surface area (Å²) in [7, 11) is 0. The van der Waals surface area contributed by atoms with Gasteiger partial charge in [-0.3, -0.25) is 4.79 Å².